The molecule has 2 aromatic rings. The maximum Gasteiger partial charge on any atom is 0.110 e. The first-order valence-electron chi connectivity index (χ1n) is 8.26. The molecule has 3 heteroatoms. The summed E-state index contributed by atoms with van der Waals surface area (Å²) in [6, 6.07) is 9.28. The van der Waals surface area contributed by atoms with E-state index < -0.39 is 0 Å². The van der Waals surface area contributed by atoms with Crippen LogP contribution in [0.1, 0.15) is 45.9 Å². The van der Waals surface area contributed by atoms with Gasteiger partial charge in [0, 0.05) is 19.0 Å². The van der Waals surface area contributed by atoms with Gasteiger partial charge in [0.15, 0.2) is 0 Å². The number of hydrogen-bond acceptors (Lipinski definition) is 2. The number of rotatable bonds is 7. The molecule has 1 aliphatic carbocycles. The minimum Gasteiger partial charge on any atom is -0.328 e. The van der Waals surface area contributed by atoms with Gasteiger partial charge in [0.05, 0.1) is 11.0 Å². The molecule has 0 unspecified atom stereocenters. The highest BCUT2D eigenvalue weighted by Gasteiger charge is 2.24. The molecule has 1 aromatic carbocycles. The number of aromatic nitrogens is 2. The molecule has 114 valence electrons. The third kappa shape index (κ3) is 3.46. The molecule has 3 rings (SSSR count). The summed E-state index contributed by atoms with van der Waals surface area (Å²) in [5.41, 5.74) is 2.68. The zero-order valence-corrected chi connectivity index (χ0v) is 13.5. The van der Waals surface area contributed by atoms with E-state index in [1.165, 1.54) is 30.6 Å². The fraction of sp³-hybridized carbons (Fsp3) is 0.611. The van der Waals surface area contributed by atoms with Gasteiger partial charge >= 0.3 is 0 Å². The van der Waals surface area contributed by atoms with Gasteiger partial charge in [-0.3, -0.25) is 0 Å². The highest BCUT2D eigenvalue weighted by Crippen LogP contribution is 2.28. The largest absolute Gasteiger partial charge is 0.328 e. The van der Waals surface area contributed by atoms with Crippen LogP contribution in [0.25, 0.3) is 11.0 Å². The molecule has 0 bridgehead atoms. The van der Waals surface area contributed by atoms with Gasteiger partial charge < -0.3 is 9.88 Å². The molecular weight excluding hydrogens is 258 g/mol. The predicted octanol–water partition coefficient (Wildman–Crippen LogP) is 3.77. The number of para-hydroxylation sites is 2. The molecular formula is C18H27N3. The fourth-order valence-electron chi connectivity index (χ4n) is 3.03. The van der Waals surface area contributed by atoms with Gasteiger partial charge in [-0.2, -0.15) is 0 Å². The average molecular weight is 285 g/mol. The maximum atomic E-state index is 4.87. The first-order valence-corrected chi connectivity index (χ1v) is 8.26. The van der Waals surface area contributed by atoms with Gasteiger partial charge in [-0.1, -0.05) is 26.0 Å². The van der Waals surface area contributed by atoms with Crippen LogP contribution in [0.4, 0.5) is 0 Å². The molecule has 1 saturated carbocycles. The third-order valence-corrected chi connectivity index (χ3v) is 4.50. The third-order valence-electron chi connectivity index (χ3n) is 4.50. The van der Waals surface area contributed by atoms with Gasteiger partial charge in [-0.15, -0.1) is 0 Å². The van der Waals surface area contributed by atoms with Crippen molar-refractivity contribution in [1.29, 1.82) is 0 Å². The summed E-state index contributed by atoms with van der Waals surface area (Å²) in [5, 5.41) is 3.63. The van der Waals surface area contributed by atoms with E-state index in [1.807, 2.05) is 0 Å². The quantitative estimate of drug-likeness (QED) is 0.839. The van der Waals surface area contributed by atoms with Gasteiger partial charge in [0.1, 0.15) is 5.82 Å². The van der Waals surface area contributed by atoms with Crippen molar-refractivity contribution < 1.29 is 0 Å². The molecule has 1 heterocycles. The molecule has 1 aliphatic rings. The lowest BCUT2D eigenvalue weighted by Gasteiger charge is -2.24. The predicted molar refractivity (Wildman–Crippen MR) is 88.5 cm³/mol. The normalized spacial score (nSPS) is 15.8. The Bertz CT molecular complexity index is 608. The van der Waals surface area contributed by atoms with Crippen LogP contribution in [0.5, 0.6) is 0 Å². The molecule has 21 heavy (non-hydrogen) atoms. The van der Waals surface area contributed by atoms with E-state index in [1.54, 1.807) is 0 Å². The number of nitrogens with one attached hydrogen (secondary N) is 1. The molecule has 0 atom stereocenters. The van der Waals surface area contributed by atoms with Crippen LogP contribution < -0.4 is 5.32 Å². The fourth-order valence-corrected chi connectivity index (χ4v) is 3.03. The van der Waals surface area contributed by atoms with E-state index in [2.05, 4.69) is 54.9 Å². The molecule has 1 N–H and O–H groups in total. The number of aryl methyl sites for hydroxylation is 1. The van der Waals surface area contributed by atoms with E-state index in [0.717, 1.165) is 31.1 Å². The second kappa shape index (κ2) is 5.80. The Hall–Kier alpha value is -1.35. The summed E-state index contributed by atoms with van der Waals surface area (Å²) in [6.45, 7) is 9.05. The van der Waals surface area contributed by atoms with E-state index in [0.29, 0.717) is 0 Å². The van der Waals surface area contributed by atoms with Crippen LogP contribution >= 0.6 is 0 Å². The van der Waals surface area contributed by atoms with Crippen LogP contribution in [0, 0.1) is 5.41 Å². The van der Waals surface area contributed by atoms with E-state index in [9.17, 15) is 0 Å². The summed E-state index contributed by atoms with van der Waals surface area (Å²) < 4.78 is 2.37. The lowest BCUT2D eigenvalue weighted by molar-refractivity contribution is 0.314. The highest BCUT2D eigenvalue weighted by atomic mass is 15.1. The van der Waals surface area contributed by atoms with Crippen molar-refractivity contribution in [2.75, 3.05) is 6.54 Å². The van der Waals surface area contributed by atoms with Crippen LogP contribution in [0.2, 0.25) is 0 Å². The molecule has 0 spiro atoms. The van der Waals surface area contributed by atoms with Crippen LogP contribution in [-0.2, 0) is 13.0 Å². The number of imidazole rings is 1. The lowest BCUT2D eigenvalue weighted by atomic mass is 9.85. The Morgan fingerprint density at radius 2 is 2.05 bits per heavy atom. The average Bonchev–Trinajstić information content (AvgIpc) is 3.18. The zero-order valence-electron chi connectivity index (χ0n) is 13.5. The van der Waals surface area contributed by atoms with E-state index in [4.69, 9.17) is 4.98 Å². The molecule has 3 nitrogen and oxygen atoms in total. The summed E-state index contributed by atoms with van der Waals surface area (Å²) in [7, 11) is 0. The second-order valence-electron chi connectivity index (χ2n) is 7.08. The summed E-state index contributed by atoms with van der Waals surface area (Å²) in [4.78, 5) is 4.87. The van der Waals surface area contributed by atoms with Crippen LogP contribution in [0.3, 0.4) is 0 Å². The SMILES string of the molecule is CCn1c(CC(C)(C)CCNC2CC2)nc2ccccc21. The number of hydrogen-bond donors (Lipinski definition) is 1. The standard InChI is InChI=1S/C18H27N3/c1-4-21-16-8-6-5-7-15(16)20-17(21)13-18(2,3)11-12-19-14-9-10-14/h5-8,14,19H,4,9-13H2,1-3H3. The lowest BCUT2D eigenvalue weighted by Crippen LogP contribution is -2.26. The Kier molecular flexibility index (Phi) is 4.03. The monoisotopic (exact) mass is 285 g/mol. The topological polar surface area (TPSA) is 29.9 Å². The van der Waals surface area contributed by atoms with Gasteiger partial charge in [0.25, 0.3) is 0 Å². The molecule has 1 fully saturated rings. The minimum atomic E-state index is 0.288. The van der Waals surface area contributed by atoms with Gasteiger partial charge in [-0.25, -0.2) is 4.98 Å². The first kappa shape index (κ1) is 14.6. The Morgan fingerprint density at radius 3 is 2.76 bits per heavy atom. The summed E-state index contributed by atoms with van der Waals surface area (Å²) in [5.74, 6) is 1.23. The molecule has 0 aliphatic heterocycles. The van der Waals surface area contributed by atoms with E-state index in [-0.39, 0.29) is 5.41 Å². The maximum absolute atomic E-state index is 4.87. The van der Waals surface area contributed by atoms with Crippen molar-refractivity contribution >= 4 is 11.0 Å². The van der Waals surface area contributed by atoms with Gasteiger partial charge in [0.2, 0.25) is 0 Å². The molecule has 0 saturated heterocycles. The smallest absolute Gasteiger partial charge is 0.110 e. The van der Waals surface area contributed by atoms with Crippen LogP contribution in [0.15, 0.2) is 24.3 Å². The number of benzene rings is 1. The molecule has 1 aromatic heterocycles. The van der Waals surface area contributed by atoms with Crippen molar-refractivity contribution in [2.24, 2.45) is 5.41 Å². The van der Waals surface area contributed by atoms with Crippen molar-refractivity contribution in [3.05, 3.63) is 30.1 Å². The summed E-state index contributed by atoms with van der Waals surface area (Å²) >= 11 is 0. The zero-order chi connectivity index (χ0) is 14.9. The van der Waals surface area contributed by atoms with Crippen molar-refractivity contribution in [2.45, 2.75) is 59.0 Å². The number of nitrogens with zero attached hydrogens (tertiary/aromatic N) is 2. The van der Waals surface area contributed by atoms with Crippen LogP contribution in [-0.4, -0.2) is 22.1 Å². The van der Waals surface area contributed by atoms with Gasteiger partial charge in [-0.05, 0) is 50.3 Å². The Balaban J connectivity index is 1.72. The van der Waals surface area contributed by atoms with Crippen molar-refractivity contribution in [1.82, 2.24) is 14.9 Å². The summed E-state index contributed by atoms with van der Waals surface area (Å²) in [6.07, 6.45) is 4.98. The second-order valence-corrected chi connectivity index (χ2v) is 7.08. The van der Waals surface area contributed by atoms with E-state index >= 15 is 0 Å². The number of fused-ring (bicyclic) bond motifs is 1. The highest BCUT2D eigenvalue weighted by molar-refractivity contribution is 5.75. The molecule has 0 radical (unpaired) electrons. The van der Waals surface area contributed by atoms with Crippen molar-refractivity contribution in [3.63, 3.8) is 0 Å². The Morgan fingerprint density at radius 1 is 1.29 bits per heavy atom. The first-order chi connectivity index (χ1) is 10.1. The minimum absolute atomic E-state index is 0.288. The Labute approximate surface area is 127 Å². The molecule has 0 amide bonds. The van der Waals surface area contributed by atoms with Crippen molar-refractivity contribution in [3.8, 4) is 0 Å².